The number of hydrogen-bond acceptors (Lipinski definition) is 4. The third-order valence-electron chi connectivity index (χ3n) is 2.37. The zero-order valence-electron chi connectivity index (χ0n) is 10.3. The highest BCUT2D eigenvalue weighted by Crippen LogP contribution is 2.16. The van der Waals surface area contributed by atoms with E-state index in [4.69, 9.17) is 0 Å². The Kier molecular flexibility index (Phi) is 6.11. The van der Waals surface area contributed by atoms with Gasteiger partial charge in [0.1, 0.15) is 0 Å². The van der Waals surface area contributed by atoms with Crippen LogP contribution in [-0.4, -0.2) is 27.3 Å². The summed E-state index contributed by atoms with van der Waals surface area (Å²) in [6.45, 7) is 5.27. The van der Waals surface area contributed by atoms with Crippen LogP contribution in [-0.2, 0) is 10.0 Å². The van der Waals surface area contributed by atoms with Gasteiger partial charge in [0, 0.05) is 12.6 Å². The average Bonchev–Trinajstić information content (AvgIpc) is 2.77. The molecule has 0 radical (unpaired) electrons. The van der Waals surface area contributed by atoms with Crippen LogP contribution in [0.15, 0.2) is 16.8 Å². The van der Waals surface area contributed by atoms with E-state index in [0.29, 0.717) is 6.54 Å². The highest BCUT2D eigenvalue weighted by Gasteiger charge is 2.15. The smallest absolute Gasteiger partial charge is 0.213 e. The van der Waals surface area contributed by atoms with Gasteiger partial charge in [0.2, 0.25) is 10.0 Å². The van der Waals surface area contributed by atoms with Crippen molar-refractivity contribution in [2.45, 2.75) is 26.3 Å². The molecule has 17 heavy (non-hydrogen) atoms. The van der Waals surface area contributed by atoms with Gasteiger partial charge in [0.05, 0.1) is 5.75 Å². The second-order valence-electron chi connectivity index (χ2n) is 3.97. The van der Waals surface area contributed by atoms with Crippen LogP contribution in [0.3, 0.4) is 0 Å². The minimum Gasteiger partial charge on any atom is -0.316 e. The Morgan fingerprint density at radius 2 is 2.18 bits per heavy atom. The van der Waals surface area contributed by atoms with Gasteiger partial charge in [-0.2, -0.15) is 11.3 Å². The van der Waals surface area contributed by atoms with Gasteiger partial charge >= 0.3 is 0 Å². The van der Waals surface area contributed by atoms with Gasteiger partial charge < -0.3 is 5.32 Å². The summed E-state index contributed by atoms with van der Waals surface area (Å²) in [6, 6.07) is 1.78. The molecule has 0 saturated heterocycles. The monoisotopic (exact) mass is 276 g/mol. The molecule has 0 amide bonds. The molecule has 1 rings (SSSR count). The Hall–Kier alpha value is -0.430. The molecule has 6 heteroatoms. The number of thiophene rings is 1. The first kappa shape index (κ1) is 14.6. The molecule has 0 aliphatic heterocycles. The maximum absolute atomic E-state index is 11.8. The second-order valence-corrected chi connectivity index (χ2v) is 6.62. The van der Waals surface area contributed by atoms with Crippen LogP contribution in [0, 0.1) is 0 Å². The summed E-state index contributed by atoms with van der Waals surface area (Å²) in [5.74, 6) is 0.126. The van der Waals surface area contributed by atoms with Crippen molar-refractivity contribution in [2.75, 3.05) is 18.8 Å². The van der Waals surface area contributed by atoms with Crippen LogP contribution in [0.5, 0.6) is 0 Å². The largest absolute Gasteiger partial charge is 0.316 e. The number of nitrogens with one attached hydrogen (secondary N) is 2. The van der Waals surface area contributed by atoms with Crippen LogP contribution in [0.4, 0.5) is 0 Å². The summed E-state index contributed by atoms with van der Waals surface area (Å²) in [5, 5.41) is 6.99. The summed E-state index contributed by atoms with van der Waals surface area (Å²) in [4.78, 5) is 0. The van der Waals surface area contributed by atoms with Crippen molar-refractivity contribution >= 4 is 21.4 Å². The van der Waals surface area contributed by atoms with Gasteiger partial charge in [-0.25, -0.2) is 13.1 Å². The zero-order valence-corrected chi connectivity index (χ0v) is 11.9. The molecule has 0 spiro atoms. The van der Waals surface area contributed by atoms with Crippen LogP contribution in [0.1, 0.15) is 31.9 Å². The molecule has 0 bridgehead atoms. The van der Waals surface area contributed by atoms with E-state index in [1.807, 2.05) is 23.8 Å². The number of rotatable bonds is 8. The second kappa shape index (κ2) is 7.10. The highest BCUT2D eigenvalue weighted by atomic mass is 32.2. The van der Waals surface area contributed by atoms with Crippen LogP contribution >= 0.6 is 11.3 Å². The van der Waals surface area contributed by atoms with E-state index in [2.05, 4.69) is 17.0 Å². The fraction of sp³-hybridized carbons (Fsp3) is 0.636. The molecule has 1 heterocycles. The Labute approximate surface area is 107 Å². The third kappa shape index (κ3) is 5.63. The lowest BCUT2D eigenvalue weighted by Crippen LogP contribution is -2.33. The van der Waals surface area contributed by atoms with Crippen LogP contribution in [0.2, 0.25) is 0 Å². The fourth-order valence-corrected chi connectivity index (χ4v) is 3.39. The standard InChI is InChI=1S/C11H20N2O2S2/c1-3-5-12-6-8-17(14,15)13-10(2)11-4-7-16-9-11/h4,7,9-10,12-13H,3,5-6,8H2,1-2H3. The minimum absolute atomic E-state index is 0.126. The molecule has 0 fully saturated rings. The first-order chi connectivity index (χ1) is 8.05. The molecular weight excluding hydrogens is 256 g/mol. The van der Waals surface area contributed by atoms with Crippen molar-refractivity contribution in [3.05, 3.63) is 22.4 Å². The predicted octanol–water partition coefficient (Wildman–Crippen LogP) is 1.73. The van der Waals surface area contributed by atoms with E-state index in [1.54, 1.807) is 11.3 Å². The Morgan fingerprint density at radius 3 is 2.76 bits per heavy atom. The zero-order chi connectivity index (χ0) is 12.7. The molecule has 2 N–H and O–H groups in total. The lowest BCUT2D eigenvalue weighted by atomic mass is 10.2. The first-order valence-corrected chi connectivity index (χ1v) is 8.37. The van der Waals surface area contributed by atoms with Gasteiger partial charge in [-0.3, -0.25) is 0 Å². The van der Waals surface area contributed by atoms with Crippen molar-refractivity contribution in [3.63, 3.8) is 0 Å². The van der Waals surface area contributed by atoms with E-state index in [-0.39, 0.29) is 11.8 Å². The summed E-state index contributed by atoms with van der Waals surface area (Å²) < 4.78 is 26.2. The van der Waals surface area contributed by atoms with E-state index in [9.17, 15) is 8.42 Å². The van der Waals surface area contributed by atoms with Crippen molar-refractivity contribution in [1.29, 1.82) is 0 Å². The third-order valence-corrected chi connectivity index (χ3v) is 4.53. The topological polar surface area (TPSA) is 58.2 Å². The molecule has 98 valence electrons. The summed E-state index contributed by atoms with van der Waals surface area (Å²) in [6.07, 6.45) is 1.01. The SMILES string of the molecule is CCCNCCS(=O)(=O)NC(C)c1ccsc1. The Bertz CT molecular complexity index is 401. The number of sulfonamides is 1. The van der Waals surface area contributed by atoms with E-state index < -0.39 is 10.0 Å². The van der Waals surface area contributed by atoms with Crippen LogP contribution in [0.25, 0.3) is 0 Å². The summed E-state index contributed by atoms with van der Waals surface area (Å²) in [5.41, 5.74) is 1.01. The molecule has 0 aromatic carbocycles. The highest BCUT2D eigenvalue weighted by molar-refractivity contribution is 7.89. The van der Waals surface area contributed by atoms with Crippen LogP contribution < -0.4 is 10.0 Å². The Balaban J connectivity index is 2.38. The van der Waals surface area contributed by atoms with E-state index >= 15 is 0 Å². The van der Waals surface area contributed by atoms with Gasteiger partial charge in [-0.1, -0.05) is 6.92 Å². The normalized spacial score (nSPS) is 13.8. The quantitative estimate of drug-likeness (QED) is 0.711. The van der Waals surface area contributed by atoms with Gasteiger partial charge in [-0.15, -0.1) is 0 Å². The molecule has 0 aliphatic carbocycles. The van der Waals surface area contributed by atoms with Crippen molar-refractivity contribution in [1.82, 2.24) is 10.0 Å². The lowest BCUT2D eigenvalue weighted by Gasteiger charge is -2.13. The molecule has 1 unspecified atom stereocenters. The molecule has 0 aliphatic rings. The van der Waals surface area contributed by atoms with Gasteiger partial charge in [0.15, 0.2) is 0 Å². The van der Waals surface area contributed by atoms with E-state index in [0.717, 1.165) is 18.5 Å². The average molecular weight is 276 g/mol. The maximum atomic E-state index is 11.8. The fourth-order valence-electron chi connectivity index (χ4n) is 1.43. The molecule has 1 atom stereocenters. The van der Waals surface area contributed by atoms with Gasteiger partial charge in [0.25, 0.3) is 0 Å². The number of hydrogen-bond donors (Lipinski definition) is 2. The molecule has 1 aromatic rings. The molecular formula is C11H20N2O2S2. The lowest BCUT2D eigenvalue weighted by molar-refractivity contribution is 0.562. The molecule has 0 saturated carbocycles. The van der Waals surface area contributed by atoms with Gasteiger partial charge in [-0.05, 0) is 42.3 Å². The molecule has 1 aromatic heterocycles. The summed E-state index contributed by atoms with van der Waals surface area (Å²) >= 11 is 1.57. The van der Waals surface area contributed by atoms with Crippen molar-refractivity contribution in [2.24, 2.45) is 0 Å². The van der Waals surface area contributed by atoms with Crippen molar-refractivity contribution in [3.8, 4) is 0 Å². The minimum atomic E-state index is -3.20. The van der Waals surface area contributed by atoms with E-state index in [1.165, 1.54) is 0 Å². The first-order valence-electron chi connectivity index (χ1n) is 5.78. The Morgan fingerprint density at radius 1 is 1.41 bits per heavy atom. The summed E-state index contributed by atoms with van der Waals surface area (Å²) in [7, 11) is -3.20. The van der Waals surface area contributed by atoms with Crippen molar-refractivity contribution < 1.29 is 8.42 Å². The predicted molar refractivity (Wildman–Crippen MR) is 72.8 cm³/mol. The maximum Gasteiger partial charge on any atom is 0.213 e. The molecule has 4 nitrogen and oxygen atoms in total.